The van der Waals surface area contributed by atoms with Gasteiger partial charge in [-0.3, -0.25) is 4.79 Å². The lowest BCUT2D eigenvalue weighted by Crippen LogP contribution is -2.02. The molecular weight excluding hydrogens is 201 g/mol. The summed E-state index contributed by atoms with van der Waals surface area (Å²) >= 11 is 0. The number of aliphatic carboxylic acids is 1. The monoisotopic (exact) mass is 209 g/mol. The molecule has 0 aromatic heterocycles. The van der Waals surface area contributed by atoms with Crippen LogP contribution in [0.4, 0.5) is 4.39 Å². The van der Waals surface area contributed by atoms with Gasteiger partial charge < -0.3 is 9.84 Å². The molecule has 0 atom stereocenters. The van der Waals surface area contributed by atoms with Crippen LogP contribution in [0.5, 0.6) is 5.75 Å². The molecule has 5 heteroatoms. The first-order valence-electron chi connectivity index (χ1n) is 4.06. The van der Waals surface area contributed by atoms with Gasteiger partial charge in [0.1, 0.15) is 6.07 Å². The van der Waals surface area contributed by atoms with E-state index < -0.39 is 11.8 Å². The molecule has 0 saturated carbocycles. The highest BCUT2D eigenvalue weighted by molar-refractivity contribution is 5.70. The van der Waals surface area contributed by atoms with Crippen LogP contribution < -0.4 is 4.74 Å². The van der Waals surface area contributed by atoms with Crippen LogP contribution >= 0.6 is 0 Å². The maximum absolute atomic E-state index is 13.3. The number of carbonyl (C=O) groups is 1. The Balaban J connectivity index is 3.21. The third kappa shape index (κ3) is 2.44. The maximum atomic E-state index is 13.3. The Labute approximate surface area is 85.5 Å². The van der Waals surface area contributed by atoms with Gasteiger partial charge in [-0.25, -0.2) is 4.39 Å². The molecule has 0 saturated heterocycles. The summed E-state index contributed by atoms with van der Waals surface area (Å²) < 4.78 is 18.0. The summed E-state index contributed by atoms with van der Waals surface area (Å²) in [6.07, 6.45) is -0.324. The summed E-state index contributed by atoms with van der Waals surface area (Å²) in [5.74, 6) is -1.97. The minimum atomic E-state index is -1.08. The van der Waals surface area contributed by atoms with Gasteiger partial charge in [-0.2, -0.15) is 5.26 Å². The zero-order valence-electron chi connectivity index (χ0n) is 7.95. The van der Waals surface area contributed by atoms with Gasteiger partial charge in [0.05, 0.1) is 19.1 Å². The molecule has 0 aliphatic heterocycles. The van der Waals surface area contributed by atoms with Crippen LogP contribution in [0, 0.1) is 17.1 Å². The Morgan fingerprint density at radius 3 is 2.80 bits per heavy atom. The Morgan fingerprint density at radius 1 is 1.67 bits per heavy atom. The van der Waals surface area contributed by atoms with Gasteiger partial charge in [-0.05, 0) is 17.7 Å². The number of halogens is 1. The van der Waals surface area contributed by atoms with Crippen LogP contribution in [0.15, 0.2) is 12.1 Å². The first kappa shape index (κ1) is 11.0. The molecular formula is C10H8FNO3. The minimum Gasteiger partial charge on any atom is -0.492 e. The molecule has 1 rings (SSSR count). The number of nitriles is 1. The van der Waals surface area contributed by atoms with Crippen LogP contribution in [0.1, 0.15) is 11.1 Å². The van der Waals surface area contributed by atoms with Crippen molar-refractivity contribution in [1.82, 2.24) is 0 Å². The second kappa shape index (κ2) is 4.42. The van der Waals surface area contributed by atoms with E-state index in [9.17, 15) is 9.18 Å². The second-order valence-electron chi connectivity index (χ2n) is 2.84. The molecule has 1 N–H and O–H groups in total. The van der Waals surface area contributed by atoms with Crippen molar-refractivity contribution in [2.75, 3.05) is 7.11 Å². The normalized spacial score (nSPS) is 9.40. The first-order valence-corrected chi connectivity index (χ1v) is 4.06. The average molecular weight is 209 g/mol. The lowest BCUT2D eigenvalue weighted by Gasteiger charge is -2.05. The van der Waals surface area contributed by atoms with Crippen LogP contribution in [0.2, 0.25) is 0 Å². The summed E-state index contributed by atoms with van der Waals surface area (Å²) in [5, 5.41) is 17.2. The highest BCUT2D eigenvalue weighted by atomic mass is 19.1. The van der Waals surface area contributed by atoms with Gasteiger partial charge in [-0.15, -0.1) is 0 Å². The molecule has 0 radical (unpaired) electrons. The van der Waals surface area contributed by atoms with Gasteiger partial charge in [0, 0.05) is 0 Å². The van der Waals surface area contributed by atoms with Crippen molar-refractivity contribution in [3.8, 4) is 11.8 Å². The number of rotatable bonds is 3. The van der Waals surface area contributed by atoms with Crippen LogP contribution in [-0.4, -0.2) is 18.2 Å². The number of nitrogens with zero attached hydrogens (tertiary/aromatic N) is 1. The molecule has 1 aromatic rings. The molecule has 0 amide bonds. The summed E-state index contributed by atoms with van der Waals surface area (Å²) in [5.41, 5.74) is 0.228. The summed E-state index contributed by atoms with van der Waals surface area (Å²) in [6.45, 7) is 0. The number of carboxylic acid groups (broad SMARTS) is 1. The predicted octanol–water partition coefficient (Wildman–Crippen LogP) is 1.33. The molecule has 78 valence electrons. The Kier molecular flexibility index (Phi) is 3.24. The molecule has 0 unspecified atom stereocenters. The molecule has 0 heterocycles. The quantitative estimate of drug-likeness (QED) is 0.815. The fraction of sp³-hybridized carbons (Fsp3) is 0.200. The smallest absolute Gasteiger partial charge is 0.307 e. The summed E-state index contributed by atoms with van der Waals surface area (Å²) in [7, 11) is 1.25. The molecule has 0 aliphatic carbocycles. The Morgan fingerprint density at radius 2 is 2.33 bits per heavy atom. The van der Waals surface area contributed by atoms with E-state index in [2.05, 4.69) is 4.74 Å². The lowest BCUT2D eigenvalue weighted by atomic mass is 10.1. The van der Waals surface area contributed by atoms with E-state index in [0.717, 1.165) is 6.07 Å². The van der Waals surface area contributed by atoms with E-state index in [4.69, 9.17) is 10.4 Å². The van der Waals surface area contributed by atoms with Crippen molar-refractivity contribution < 1.29 is 19.0 Å². The number of carboxylic acids is 1. The average Bonchev–Trinajstić information content (AvgIpc) is 2.15. The van der Waals surface area contributed by atoms with Gasteiger partial charge in [0.25, 0.3) is 0 Å². The number of hydrogen-bond acceptors (Lipinski definition) is 3. The topological polar surface area (TPSA) is 70.3 Å². The summed E-state index contributed by atoms with van der Waals surface area (Å²) in [6, 6.07) is 4.09. The van der Waals surface area contributed by atoms with Gasteiger partial charge >= 0.3 is 5.97 Å². The minimum absolute atomic E-state index is 0.00579. The Bertz CT molecular complexity index is 437. The van der Waals surface area contributed by atoms with E-state index in [1.54, 1.807) is 6.07 Å². The predicted molar refractivity (Wildman–Crippen MR) is 49.0 cm³/mol. The Hall–Kier alpha value is -2.09. The maximum Gasteiger partial charge on any atom is 0.307 e. The third-order valence-corrected chi connectivity index (χ3v) is 1.78. The second-order valence-corrected chi connectivity index (χ2v) is 2.84. The van der Waals surface area contributed by atoms with Gasteiger partial charge in [0.15, 0.2) is 11.6 Å². The molecule has 0 aliphatic rings. The largest absolute Gasteiger partial charge is 0.492 e. The van der Waals surface area contributed by atoms with E-state index in [1.807, 2.05) is 0 Å². The van der Waals surface area contributed by atoms with Crippen molar-refractivity contribution in [2.24, 2.45) is 0 Å². The molecule has 0 spiro atoms. The van der Waals surface area contributed by atoms with Gasteiger partial charge in [0.2, 0.25) is 0 Å². The number of benzene rings is 1. The van der Waals surface area contributed by atoms with E-state index in [1.165, 1.54) is 13.2 Å². The van der Waals surface area contributed by atoms with Crippen LogP contribution in [0.3, 0.4) is 0 Å². The number of methoxy groups -OCH3 is 1. The van der Waals surface area contributed by atoms with E-state index >= 15 is 0 Å². The van der Waals surface area contributed by atoms with Crippen LogP contribution in [0.25, 0.3) is 0 Å². The van der Waals surface area contributed by atoms with Crippen molar-refractivity contribution in [2.45, 2.75) is 6.42 Å². The number of hydrogen-bond donors (Lipinski definition) is 1. The zero-order valence-corrected chi connectivity index (χ0v) is 7.95. The first-order chi connectivity index (χ1) is 7.08. The SMILES string of the molecule is COc1c(F)cc(CC(=O)O)cc1C#N. The molecule has 0 fully saturated rings. The van der Waals surface area contributed by atoms with Crippen molar-refractivity contribution in [1.29, 1.82) is 5.26 Å². The zero-order chi connectivity index (χ0) is 11.4. The molecule has 4 nitrogen and oxygen atoms in total. The summed E-state index contributed by atoms with van der Waals surface area (Å²) in [4.78, 5) is 10.4. The van der Waals surface area contributed by atoms with Crippen molar-refractivity contribution >= 4 is 5.97 Å². The fourth-order valence-corrected chi connectivity index (χ4v) is 1.22. The highest BCUT2D eigenvalue weighted by Gasteiger charge is 2.12. The molecule has 15 heavy (non-hydrogen) atoms. The van der Waals surface area contributed by atoms with Crippen molar-refractivity contribution in [3.63, 3.8) is 0 Å². The fourth-order valence-electron chi connectivity index (χ4n) is 1.22. The third-order valence-electron chi connectivity index (χ3n) is 1.78. The highest BCUT2D eigenvalue weighted by Crippen LogP contribution is 2.23. The van der Waals surface area contributed by atoms with Crippen LogP contribution in [-0.2, 0) is 11.2 Å². The number of ether oxygens (including phenoxy) is 1. The lowest BCUT2D eigenvalue weighted by molar-refractivity contribution is -0.136. The van der Waals surface area contributed by atoms with Gasteiger partial charge in [-0.1, -0.05) is 0 Å². The standard InChI is InChI=1S/C10H8FNO3/c1-15-10-7(5-12)2-6(3-8(10)11)4-9(13)14/h2-3H,4H2,1H3,(H,13,14). The van der Waals surface area contributed by atoms with E-state index in [-0.39, 0.29) is 23.3 Å². The van der Waals surface area contributed by atoms with E-state index in [0.29, 0.717) is 0 Å². The van der Waals surface area contributed by atoms with Crippen molar-refractivity contribution in [3.05, 3.63) is 29.1 Å². The molecule has 1 aromatic carbocycles. The molecule has 0 bridgehead atoms.